The number of carboxylic acid groups (broad SMARTS) is 1. The second-order valence-electron chi connectivity index (χ2n) is 11.9. The fourth-order valence-corrected chi connectivity index (χ4v) is 6.12. The summed E-state index contributed by atoms with van der Waals surface area (Å²) < 4.78 is 6.41. The van der Waals surface area contributed by atoms with E-state index in [1.165, 1.54) is 16.7 Å². The lowest BCUT2D eigenvalue weighted by Gasteiger charge is -2.35. The van der Waals surface area contributed by atoms with Gasteiger partial charge in [0, 0.05) is 31.1 Å². The molecule has 2 aromatic carbocycles. The van der Waals surface area contributed by atoms with E-state index in [-0.39, 0.29) is 17.6 Å². The molecule has 38 heavy (non-hydrogen) atoms. The van der Waals surface area contributed by atoms with E-state index in [0.717, 1.165) is 37.2 Å². The molecule has 202 valence electrons. The number of hydrogen-bond acceptors (Lipinski definition) is 6. The van der Waals surface area contributed by atoms with Crippen molar-refractivity contribution in [2.75, 3.05) is 6.54 Å². The minimum Gasteiger partial charge on any atom is -0.486 e. The Hall–Kier alpha value is -3.26. The molecular weight excluding hydrogens is 478 g/mol. The summed E-state index contributed by atoms with van der Waals surface area (Å²) in [7, 11) is 0. The Morgan fingerprint density at radius 2 is 2.00 bits per heavy atom. The van der Waals surface area contributed by atoms with E-state index in [9.17, 15) is 9.90 Å². The molecule has 0 amide bonds. The van der Waals surface area contributed by atoms with E-state index < -0.39 is 11.4 Å². The first-order valence-corrected chi connectivity index (χ1v) is 13.7. The summed E-state index contributed by atoms with van der Waals surface area (Å²) in [5.41, 5.74) is 3.69. The molecule has 0 bridgehead atoms. The number of aromatic nitrogens is 4. The minimum absolute atomic E-state index is 0.190. The number of fused-ring (bicyclic) bond motifs is 2. The highest BCUT2D eigenvalue weighted by molar-refractivity contribution is 5.75. The van der Waals surface area contributed by atoms with Crippen LogP contribution in [-0.4, -0.2) is 48.3 Å². The molecule has 1 N–H and O–H groups in total. The molecule has 2 aliphatic rings. The first kappa shape index (κ1) is 26.4. The standard InChI is InChI=1S/C30H39N5O3/c1-6-35-32-27(31-33-35)16-14-24(30(4,5)28(36)37)21-12-11-20-13-15-25(23(20)17-21)34-18-22-9-7-8-10-26(22)38-29(2,3)19-34/h7-12,17,24-25H,6,13-16,18-19H2,1-5H3,(H,36,37). The number of tetrazole rings is 1. The molecule has 0 radical (unpaired) electrons. The topological polar surface area (TPSA) is 93.4 Å². The number of aliphatic carboxylic acids is 1. The number of carbonyl (C=O) groups is 1. The summed E-state index contributed by atoms with van der Waals surface area (Å²) in [6.45, 7) is 12.2. The van der Waals surface area contributed by atoms with Crippen LogP contribution in [0, 0.1) is 5.41 Å². The number of carboxylic acids is 1. The van der Waals surface area contributed by atoms with Crippen LogP contribution in [0.5, 0.6) is 5.75 Å². The van der Waals surface area contributed by atoms with Crippen molar-refractivity contribution < 1.29 is 14.6 Å². The number of nitrogens with zero attached hydrogens (tertiary/aromatic N) is 5. The summed E-state index contributed by atoms with van der Waals surface area (Å²) in [6, 6.07) is 15.2. The van der Waals surface area contributed by atoms with Gasteiger partial charge in [0.05, 0.1) is 12.0 Å². The van der Waals surface area contributed by atoms with Crippen LogP contribution in [0.2, 0.25) is 0 Å². The number of hydrogen-bond donors (Lipinski definition) is 1. The first-order chi connectivity index (χ1) is 18.1. The Balaban J connectivity index is 1.46. The van der Waals surface area contributed by atoms with E-state index in [1.54, 1.807) is 4.80 Å². The van der Waals surface area contributed by atoms with Crippen molar-refractivity contribution in [1.82, 2.24) is 25.1 Å². The molecule has 0 saturated heterocycles. The second-order valence-corrected chi connectivity index (χ2v) is 11.9. The van der Waals surface area contributed by atoms with Gasteiger partial charge in [-0.05, 0) is 87.8 Å². The van der Waals surface area contributed by atoms with Gasteiger partial charge in [-0.25, -0.2) is 0 Å². The van der Waals surface area contributed by atoms with Gasteiger partial charge in [0.1, 0.15) is 11.4 Å². The maximum absolute atomic E-state index is 12.4. The van der Waals surface area contributed by atoms with Crippen LogP contribution >= 0.6 is 0 Å². The molecule has 8 nitrogen and oxygen atoms in total. The van der Waals surface area contributed by atoms with Crippen molar-refractivity contribution in [3.8, 4) is 5.75 Å². The van der Waals surface area contributed by atoms with Gasteiger partial charge in [0.25, 0.3) is 0 Å². The molecule has 2 unspecified atom stereocenters. The fourth-order valence-electron chi connectivity index (χ4n) is 6.12. The molecule has 8 heteroatoms. The summed E-state index contributed by atoms with van der Waals surface area (Å²) in [6.07, 6.45) is 3.29. The average Bonchev–Trinajstić information content (AvgIpc) is 3.48. The van der Waals surface area contributed by atoms with E-state index >= 15 is 0 Å². The van der Waals surface area contributed by atoms with Crippen molar-refractivity contribution in [2.24, 2.45) is 5.41 Å². The minimum atomic E-state index is -0.944. The van der Waals surface area contributed by atoms with Crippen molar-refractivity contribution in [2.45, 2.75) is 91.0 Å². The summed E-state index contributed by atoms with van der Waals surface area (Å²) in [4.78, 5) is 16.5. The molecule has 0 spiro atoms. The molecule has 1 aromatic heterocycles. The van der Waals surface area contributed by atoms with Gasteiger partial charge in [-0.2, -0.15) is 4.80 Å². The molecule has 5 rings (SSSR count). The smallest absolute Gasteiger partial charge is 0.309 e. The van der Waals surface area contributed by atoms with Crippen LogP contribution in [-0.2, 0) is 30.7 Å². The van der Waals surface area contributed by atoms with Crippen LogP contribution < -0.4 is 4.74 Å². The largest absolute Gasteiger partial charge is 0.486 e. The zero-order valence-electron chi connectivity index (χ0n) is 23.1. The predicted octanol–water partition coefficient (Wildman–Crippen LogP) is 5.18. The lowest BCUT2D eigenvalue weighted by molar-refractivity contribution is -0.148. The zero-order valence-corrected chi connectivity index (χ0v) is 23.1. The number of benzene rings is 2. The molecule has 3 aromatic rings. The van der Waals surface area contributed by atoms with E-state index in [2.05, 4.69) is 70.6 Å². The van der Waals surface area contributed by atoms with Crippen LogP contribution in [0.25, 0.3) is 0 Å². The Morgan fingerprint density at radius 1 is 1.21 bits per heavy atom. The number of ether oxygens (including phenoxy) is 1. The Morgan fingerprint density at radius 3 is 2.74 bits per heavy atom. The maximum atomic E-state index is 12.4. The van der Waals surface area contributed by atoms with Gasteiger partial charge >= 0.3 is 5.97 Å². The van der Waals surface area contributed by atoms with Crippen LogP contribution in [0.4, 0.5) is 0 Å². The van der Waals surface area contributed by atoms with Crippen molar-refractivity contribution >= 4 is 5.97 Å². The van der Waals surface area contributed by atoms with E-state index in [1.807, 2.05) is 26.8 Å². The average molecular weight is 518 g/mol. The Labute approximate surface area is 225 Å². The molecule has 2 heterocycles. The van der Waals surface area contributed by atoms with Crippen LogP contribution in [0.3, 0.4) is 0 Å². The first-order valence-electron chi connectivity index (χ1n) is 13.7. The highest BCUT2D eigenvalue weighted by Crippen LogP contribution is 2.44. The highest BCUT2D eigenvalue weighted by atomic mass is 16.5. The fraction of sp³-hybridized carbons (Fsp3) is 0.533. The molecule has 2 atom stereocenters. The quantitative estimate of drug-likeness (QED) is 0.440. The Kier molecular flexibility index (Phi) is 7.03. The molecule has 1 aliphatic carbocycles. The number of aryl methyl sites for hydroxylation is 3. The van der Waals surface area contributed by atoms with Crippen LogP contribution in [0.1, 0.15) is 87.5 Å². The van der Waals surface area contributed by atoms with Crippen molar-refractivity contribution in [1.29, 1.82) is 0 Å². The van der Waals surface area contributed by atoms with E-state index in [4.69, 9.17) is 4.74 Å². The number of para-hydroxylation sites is 1. The van der Waals surface area contributed by atoms with Gasteiger partial charge < -0.3 is 9.84 Å². The van der Waals surface area contributed by atoms with Gasteiger partial charge in [-0.3, -0.25) is 9.69 Å². The Bertz CT molecular complexity index is 1310. The van der Waals surface area contributed by atoms with Gasteiger partial charge in [-0.1, -0.05) is 36.4 Å². The summed E-state index contributed by atoms with van der Waals surface area (Å²) >= 11 is 0. The third kappa shape index (κ3) is 5.19. The monoisotopic (exact) mass is 517 g/mol. The molecule has 0 saturated carbocycles. The summed E-state index contributed by atoms with van der Waals surface area (Å²) in [5, 5.41) is 22.8. The predicted molar refractivity (Wildman–Crippen MR) is 145 cm³/mol. The molecule has 0 fully saturated rings. The van der Waals surface area contributed by atoms with E-state index in [0.29, 0.717) is 25.2 Å². The summed E-state index contributed by atoms with van der Waals surface area (Å²) in [5.74, 6) is 0.629. The third-order valence-electron chi connectivity index (χ3n) is 8.23. The number of rotatable bonds is 8. The highest BCUT2D eigenvalue weighted by Gasteiger charge is 2.40. The SMILES string of the molecule is CCn1nnc(CCC(c2ccc3c(c2)C(N2Cc4ccccc4OC(C)(C)C2)CC3)C(C)(C)C(=O)O)n1. The molecular formula is C30H39N5O3. The van der Waals surface area contributed by atoms with Crippen molar-refractivity contribution in [3.05, 3.63) is 70.5 Å². The second kappa shape index (κ2) is 10.1. The third-order valence-corrected chi connectivity index (χ3v) is 8.23. The van der Waals surface area contributed by atoms with Gasteiger partial charge in [-0.15, -0.1) is 10.2 Å². The van der Waals surface area contributed by atoms with Crippen LogP contribution in [0.15, 0.2) is 42.5 Å². The normalized spacial score (nSPS) is 19.8. The zero-order chi connectivity index (χ0) is 27.1. The van der Waals surface area contributed by atoms with Crippen molar-refractivity contribution in [3.63, 3.8) is 0 Å². The molecule has 1 aliphatic heterocycles. The van der Waals surface area contributed by atoms with Gasteiger partial charge in [0.2, 0.25) is 0 Å². The van der Waals surface area contributed by atoms with Gasteiger partial charge in [0.15, 0.2) is 5.82 Å². The lowest BCUT2D eigenvalue weighted by atomic mass is 9.72. The lowest BCUT2D eigenvalue weighted by Crippen LogP contribution is -2.41. The maximum Gasteiger partial charge on any atom is 0.309 e.